The molecular formula is C14H31NO. The number of carbonyl (C=O) groups excluding carboxylic acids is 1. The second kappa shape index (κ2) is 9.68. The second-order valence-corrected chi connectivity index (χ2v) is 4.69. The van der Waals surface area contributed by atoms with Gasteiger partial charge in [-0.1, -0.05) is 67.2 Å². The summed E-state index contributed by atoms with van der Waals surface area (Å²) in [5.74, 6) is 0.683. The summed E-state index contributed by atoms with van der Waals surface area (Å²) in [6, 6.07) is 0. The van der Waals surface area contributed by atoms with Crippen LogP contribution in [0.25, 0.3) is 0 Å². The van der Waals surface area contributed by atoms with Crippen LogP contribution in [-0.4, -0.2) is 5.91 Å². The van der Waals surface area contributed by atoms with Crippen molar-refractivity contribution in [3.8, 4) is 0 Å². The van der Waals surface area contributed by atoms with Crippen molar-refractivity contribution in [2.45, 2.75) is 73.6 Å². The van der Waals surface area contributed by atoms with Crippen LogP contribution in [0.4, 0.5) is 0 Å². The maximum Gasteiger partial charge on any atom is 0.217 e. The highest BCUT2D eigenvalue weighted by Crippen LogP contribution is 2.38. The zero-order valence-corrected chi connectivity index (χ0v) is 12.1. The lowest BCUT2D eigenvalue weighted by Gasteiger charge is -2.35. The summed E-state index contributed by atoms with van der Waals surface area (Å²) < 4.78 is 0. The standard InChI is InChI=1S/C11H24.C3H7NO/c1-6-10(7-2)11(5,8-3)9-4;1-2-3(4)5/h10H,6-9H2,1-5H3;2H2,1H3,(H2,4,5). The molecule has 98 valence electrons. The minimum atomic E-state index is -0.245. The molecule has 0 unspecified atom stereocenters. The second-order valence-electron chi connectivity index (χ2n) is 4.69. The van der Waals surface area contributed by atoms with Gasteiger partial charge in [-0.15, -0.1) is 0 Å². The molecule has 0 fully saturated rings. The molecule has 0 radical (unpaired) electrons. The van der Waals surface area contributed by atoms with E-state index in [0.29, 0.717) is 11.8 Å². The Kier molecular flexibility index (Phi) is 10.8. The lowest BCUT2D eigenvalue weighted by Crippen LogP contribution is -2.24. The molecule has 0 aliphatic carbocycles. The van der Waals surface area contributed by atoms with E-state index in [4.69, 9.17) is 0 Å². The SMILES string of the molecule is CCC(CC)C(C)(CC)CC.CCC(N)=O. The molecule has 2 N–H and O–H groups in total. The summed E-state index contributed by atoms with van der Waals surface area (Å²) in [6.07, 6.45) is 5.79. The Morgan fingerprint density at radius 2 is 1.38 bits per heavy atom. The number of hydrogen-bond acceptors (Lipinski definition) is 1. The van der Waals surface area contributed by atoms with E-state index in [0.717, 1.165) is 5.92 Å². The van der Waals surface area contributed by atoms with Crippen molar-refractivity contribution >= 4 is 5.91 Å². The van der Waals surface area contributed by atoms with E-state index in [9.17, 15) is 4.79 Å². The Morgan fingerprint density at radius 1 is 1.06 bits per heavy atom. The fraction of sp³-hybridized carbons (Fsp3) is 0.929. The fourth-order valence-electron chi connectivity index (χ4n) is 2.10. The van der Waals surface area contributed by atoms with Gasteiger partial charge in [0.15, 0.2) is 0 Å². The van der Waals surface area contributed by atoms with Crippen LogP contribution in [0.5, 0.6) is 0 Å². The van der Waals surface area contributed by atoms with Gasteiger partial charge in [0.25, 0.3) is 0 Å². The molecule has 0 bridgehead atoms. The van der Waals surface area contributed by atoms with Crippen LogP contribution < -0.4 is 5.73 Å². The minimum Gasteiger partial charge on any atom is -0.370 e. The van der Waals surface area contributed by atoms with E-state index >= 15 is 0 Å². The van der Waals surface area contributed by atoms with Gasteiger partial charge in [-0.3, -0.25) is 4.79 Å². The first-order valence-electron chi connectivity index (χ1n) is 6.69. The van der Waals surface area contributed by atoms with E-state index in [1.54, 1.807) is 6.92 Å². The average molecular weight is 229 g/mol. The minimum absolute atomic E-state index is 0.245. The highest BCUT2D eigenvalue weighted by molar-refractivity contribution is 5.73. The molecular weight excluding hydrogens is 198 g/mol. The normalized spacial score (nSPS) is 10.9. The van der Waals surface area contributed by atoms with Crippen LogP contribution >= 0.6 is 0 Å². The average Bonchev–Trinajstić information content (AvgIpc) is 2.30. The van der Waals surface area contributed by atoms with Gasteiger partial charge in [-0.05, 0) is 11.3 Å². The van der Waals surface area contributed by atoms with Gasteiger partial charge in [-0.2, -0.15) is 0 Å². The molecule has 0 aromatic carbocycles. The quantitative estimate of drug-likeness (QED) is 0.731. The molecule has 2 heteroatoms. The maximum atomic E-state index is 9.59. The molecule has 1 amide bonds. The van der Waals surface area contributed by atoms with E-state index in [1.165, 1.54) is 25.7 Å². The predicted molar refractivity (Wildman–Crippen MR) is 72.2 cm³/mol. The van der Waals surface area contributed by atoms with Gasteiger partial charge in [-0.25, -0.2) is 0 Å². The number of nitrogens with two attached hydrogens (primary N) is 1. The molecule has 0 saturated carbocycles. The molecule has 0 aliphatic heterocycles. The molecule has 16 heavy (non-hydrogen) atoms. The van der Waals surface area contributed by atoms with Gasteiger partial charge in [0.1, 0.15) is 0 Å². The van der Waals surface area contributed by atoms with Crippen molar-refractivity contribution in [3.05, 3.63) is 0 Å². The Bertz CT molecular complexity index is 170. The van der Waals surface area contributed by atoms with Gasteiger partial charge in [0.05, 0.1) is 0 Å². The topological polar surface area (TPSA) is 43.1 Å². The summed E-state index contributed by atoms with van der Waals surface area (Å²) >= 11 is 0. The van der Waals surface area contributed by atoms with Crippen LogP contribution in [0, 0.1) is 11.3 Å². The number of rotatable bonds is 6. The number of amides is 1. The monoisotopic (exact) mass is 229 g/mol. The van der Waals surface area contributed by atoms with Crippen LogP contribution in [0.15, 0.2) is 0 Å². The molecule has 2 nitrogen and oxygen atoms in total. The van der Waals surface area contributed by atoms with Crippen LogP contribution in [0.1, 0.15) is 73.6 Å². The number of hydrogen-bond donors (Lipinski definition) is 1. The third kappa shape index (κ3) is 6.86. The first kappa shape index (κ1) is 17.9. The van der Waals surface area contributed by atoms with E-state index < -0.39 is 0 Å². The Hall–Kier alpha value is -0.530. The highest BCUT2D eigenvalue weighted by Gasteiger charge is 2.27. The van der Waals surface area contributed by atoms with Gasteiger partial charge in [0, 0.05) is 6.42 Å². The molecule has 0 rings (SSSR count). The van der Waals surface area contributed by atoms with Crippen molar-refractivity contribution in [1.82, 2.24) is 0 Å². The van der Waals surface area contributed by atoms with E-state index in [1.807, 2.05) is 0 Å². The zero-order chi connectivity index (χ0) is 13.2. The summed E-state index contributed by atoms with van der Waals surface area (Å²) in [5, 5.41) is 0. The molecule has 0 atom stereocenters. The lowest BCUT2D eigenvalue weighted by atomic mass is 9.71. The van der Waals surface area contributed by atoms with Crippen molar-refractivity contribution < 1.29 is 4.79 Å². The maximum absolute atomic E-state index is 9.59. The van der Waals surface area contributed by atoms with Gasteiger partial charge < -0.3 is 5.73 Å². The summed E-state index contributed by atoms with van der Waals surface area (Å²) in [4.78, 5) is 9.59. The van der Waals surface area contributed by atoms with E-state index in [2.05, 4.69) is 40.4 Å². The van der Waals surface area contributed by atoms with Gasteiger partial charge >= 0.3 is 0 Å². The molecule has 0 saturated heterocycles. The van der Waals surface area contributed by atoms with Crippen LogP contribution in [-0.2, 0) is 4.79 Å². The third-order valence-electron chi connectivity index (χ3n) is 3.94. The zero-order valence-electron chi connectivity index (χ0n) is 12.1. The summed E-state index contributed by atoms with van der Waals surface area (Å²) in [5.41, 5.74) is 5.25. The fourth-order valence-corrected chi connectivity index (χ4v) is 2.10. The van der Waals surface area contributed by atoms with Crippen LogP contribution in [0.2, 0.25) is 0 Å². The van der Waals surface area contributed by atoms with Crippen molar-refractivity contribution in [2.75, 3.05) is 0 Å². The molecule has 0 aliphatic rings. The molecule has 0 aromatic rings. The Labute approximate surface area is 102 Å². The molecule has 0 spiro atoms. The largest absolute Gasteiger partial charge is 0.370 e. The van der Waals surface area contributed by atoms with Crippen LogP contribution in [0.3, 0.4) is 0 Å². The Balaban J connectivity index is 0. The van der Waals surface area contributed by atoms with Crippen molar-refractivity contribution in [3.63, 3.8) is 0 Å². The Morgan fingerprint density at radius 3 is 1.44 bits per heavy atom. The summed E-state index contributed by atoms with van der Waals surface area (Å²) in [7, 11) is 0. The lowest BCUT2D eigenvalue weighted by molar-refractivity contribution is -0.117. The number of carbonyl (C=O) groups is 1. The first-order chi connectivity index (χ1) is 7.41. The van der Waals surface area contributed by atoms with Gasteiger partial charge in [0.2, 0.25) is 5.91 Å². The first-order valence-corrected chi connectivity index (χ1v) is 6.69. The van der Waals surface area contributed by atoms with Crippen molar-refractivity contribution in [1.29, 1.82) is 0 Å². The summed E-state index contributed by atoms with van der Waals surface area (Å²) in [6.45, 7) is 13.4. The molecule has 0 aromatic heterocycles. The predicted octanol–water partition coefficient (Wildman–Crippen LogP) is 4.13. The third-order valence-corrected chi connectivity index (χ3v) is 3.94. The number of primary amides is 1. The smallest absolute Gasteiger partial charge is 0.217 e. The molecule has 0 heterocycles. The van der Waals surface area contributed by atoms with Crippen molar-refractivity contribution in [2.24, 2.45) is 17.1 Å². The highest BCUT2D eigenvalue weighted by atomic mass is 16.1. The van der Waals surface area contributed by atoms with E-state index in [-0.39, 0.29) is 5.91 Å².